The molecule has 0 radical (unpaired) electrons. The van der Waals surface area contributed by atoms with Gasteiger partial charge in [0.15, 0.2) is 12.6 Å². The van der Waals surface area contributed by atoms with E-state index in [4.69, 9.17) is 41.9 Å². The van der Waals surface area contributed by atoms with Crippen LogP contribution in [0.5, 0.6) is 0 Å². The van der Waals surface area contributed by atoms with E-state index in [1.54, 1.807) is 0 Å². The number of nitrogens with one attached hydrogen (secondary N) is 1. The molecule has 17 N–H and O–H groups in total. The molecule has 1 amide bonds. The number of carbonyl (C=O) groups excluding carboxylic acids is 1. The van der Waals surface area contributed by atoms with E-state index in [2.05, 4.69) is 5.32 Å². The average molecular weight is 586 g/mol. The summed E-state index contributed by atoms with van der Waals surface area (Å²) in [6.07, 6.45) is -19.8. The molecule has 18 heteroatoms. The summed E-state index contributed by atoms with van der Waals surface area (Å²) in [5.74, 6) is -0.845. The molecule has 3 rings (SSSR count). The first-order chi connectivity index (χ1) is 18.9. The smallest absolute Gasteiger partial charge is 0.249 e. The van der Waals surface area contributed by atoms with E-state index in [1.807, 2.05) is 0 Å². The van der Waals surface area contributed by atoms with Crippen molar-refractivity contribution in [3.63, 3.8) is 0 Å². The Morgan fingerprint density at radius 3 is 2.05 bits per heavy atom. The van der Waals surface area contributed by atoms with E-state index >= 15 is 0 Å². The Balaban J connectivity index is 1.85. The van der Waals surface area contributed by atoms with Crippen LogP contribution >= 0.6 is 0 Å². The summed E-state index contributed by atoms with van der Waals surface area (Å²) >= 11 is 0. The summed E-state index contributed by atoms with van der Waals surface area (Å²) in [5, 5.41) is 84.9. The summed E-state index contributed by atoms with van der Waals surface area (Å²) in [4.78, 5) is 12.6. The second-order valence-electron chi connectivity index (χ2n) is 10.3. The average Bonchev–Trinajstić information content (AvgIpc) is 2.92. The lowest BCUT2D eigenvalue weighted by molar-refractivity contribution is -0.332. The van der Waals surface area contributed by atoms with Crippen LogP contribution in [0.25, 0.3) is 0 Å². The third kappa shape index (κ3) is 7.06. The molecule has 0 bridgehead atoms. The largest absolute Gasteiger partial charge is 0.394 e. The normalized spacial score (nSPS) is 47.0. The van der Waals surface area contributed by atoms with Crippen LogP contribution in [0.15, 0.2) is 0 Å². The number of hydrogen-bond donors (Lipinski definition) is 13. The number of hydrogen-bond acceptors (Lipinski definition) is 17. The van der Waals surface area contributed by atoms with Gasteiger partial charge in [-0.25, -0.2) is 0 Å². The van der Waals surface area contributed by atoms with Crippen molar-refractivity contribution in [3.05, 3.63) is 0 Å². The highest BCUT2D eigenvalue weighted by atomic mass is 16.7. The van der Waals surface area contributed by atoms with Crippen molar-refractivity contribution in [1.82, 2.24) is 5.32 Å². The topological polar surface area (TPSA) is 332 Å². The zero-order chi connectivity index (χ0) is 29.9. The Labute approximate surface area is 229 Å². The fourth-order valence-corrected chi connectivity index (χ4v) is 5.07. The van der Waals surface area contributed by atoms with Crippen LogP contribution in [0, 0.1) is 0 Å². The first kappa shape index (κ1) is 33.3. The van der Waals surface area contributed by atoms with Gasteiger partial charge in [-0.2, -0.15) is 0 Å². The molecule has 2 saturated heterocycles. The Hall–Kier alpha value is -1.17. The van der Waals surface area contributed by atoms with E-state index in [0.717, 1.165) is 0 Å². The van der Waals surface area contributed by atoms with Crippen molar-refractivity contribution in [2.45, 2.75) is 111 Å². The van der Waals surface area contributed by atoms with Crippen molar-refractivity contribution in [1.29, 1.82) is 0 Å². The minimum absolute atomic E-state index is 0.0101. The maximum absolute atomic E-state index is 12.6. The molecule has 2 aliphatic heterocycles. The SMILES string of the molecule is NCC[C@@H](O)C(=O)N[C@@H]1C[C@H](N)[C@H](O[C@H]2O[C@@H](CN)[C@@H](O)[C@@H](O)[C@H]2O)[C@H](O)[C@@H]1O[C@H]1O[C@@H](CO)[C@@H](O)[C@@H](N)[C@H]1O. The number of nitrogens with two attached hydrogens (primary N) is 4. The molecular formula is C22H43N5O13. The quantitative estimate of drug-likeness (QED) is 0.113. The summed E-state index contributed by atoms with van der Waals surface area (Å²) in [7, 11) is 0. The first-order valence-electron chi connectivity index (χ1n) is 13.1. The molecule has 0 aromatic rings. The number of ether oxygens (including phenoxy) is 4. The van der Waals surface area contributed by atoms with Crippen molar-refractivity contribution in [2.24, 2.45) is 22.9 Å². The molecule has 0 aromatic heterocycles. The van der Waals surface area contributed by atoms with Crippen LogP contribution < -0.4 is 28.3 Å². The number of amides is 1. The summed E-state index contributed by atoms with van der Waals surface area (Å²) in [6.45, 7) is -0.898. The van der Waals surface area contributed by atoms with Gasteiger partial charge in [-0.1, -0.05) is 0 Å². The van der Waals surface area contributed by atoms with Crippen LogP contribution in [0.2, 0.25) is 0 Å². The zero-order valence-electron chi connectivity index (χ0n) is 21.7. The lowest BCUT2D eigenvalue weighted by Crippen LogP contribution is -2.69. The van der Waals surface area contributed by atoms with Gasteiger partial charge in [0.05, 0.1) is 18.7 Å². The van der Waals surface area contributed by atoms with Crippen molar-refractivity contribution in [2.75, 3.05) is 19.7 Å². The van der Waals surface area contributed by atoms with Gasteiger partial charge in [0.25, 0.3) is 0 Å². The molecular weight excluding hydrogens is 542 g/mol. The molecule has 234 valence electrons. The standard InChI is InChI=1S/C22H43N5O13/c23-2-1-8(29)20(36)27-7-3-6(25)18(39-22-16(34)15(33)13(31)9(4-24)37-22)17(35)19(7)40-21-14(32)11(26)12(30)10(5-28)38-21/h6-19,21-22,28-35H,1-5,23-26H2,(H,27,36)/t6-,7+,8+,9-,10-,11+,12+,13+,14+,15+,16+,17-,18-,19+,21+,22+/m0/s1. The van der Waals surface area contributed by atoms with Crippen molar-refractivity contribution in [3.8, 4) is 0 Å². The van der Waals surface area contributed by atoms with E-state index in [-0.39, 0.29) is 25.9 Å². The van der Waals surface area contributed by atoms with Crippen LogP contribution in [-0.2, 0) is 23.7 Å². The molecule has 0 unspecified atom stereocenters. The molecule has 2 heterocycles. The first-order valence-corrected chi connectivity index (χ1v) is 13.1. The van der Waals surface area contributed by atoms with Gasteiger partial charge in [0.1, 0.15) is 67.1 Å². The molecule has 0 spiro atoms. The molecule has 1 saturated carbocycles. The second-order valence-corrected chi connectivity index (χ2v) is 10.3. The van der Waals surface area contributed by atoms with Gasteiger partial charge in [-0.15, -0.1) is 0 Å². The highest BCUT2D eigenvalue weighted by molar-refractivity contribution is 5.80. The molecule has 16 atom stereocenters. The Bertz CT molecular complexity index is 815. The minimum atomic E-state index is -1.76. The van der Waals surface area contributed by atoms with Gasteiger partial charge >= 0.3 is 0 Å². The van der Waals surface area contributed by atoms with E-state index < -0.39 is 110 Å². The lowest BCUT2D eigenvalue weighted by atomic mass is 9.83. The van der Waals surface area contributed by atoms with E-state index in [1.165, 1.54) is 0 Å². The van der Waals surface area contributed by atoms with Gasteiger partial charge in [0.2, 0.25) is 5.91 Å². The third-order valence-electron chi connectivity index (χ3n) is 7.51. The Kier molecular flexibility index (Phi) is 11.9. The summed E-state index contributed by atoms with van der Waals surface area (Å²) in [5.41, 5.74) is 23.1. The Morgan fingerprint density at radius 1 is 0.850 bits per heavy atom. The zero-order valence-corrected chi connectivity index (χ0v) is 21.7. The van der Waals surface area contributed by atoms with Crippen LogP contribution in [-0.4, -0.2) is 164 Å². The molecule has 18 nitrogen and oxygen atoms in total. The number of carbonyl (C=O) groups is 1. The fraction of sp³-hybridized carbons (Fsp3) is 0.955. The maximum atomic E-state index is 12.6. The van der Waals surface area contributed by atoms with Gasteiger partial charge < -0.3 is 88.1 Å². The highest BCUT2D eigenvalue weighted by Gasteiger charge is 2.52. The van der Waals surface area contributed by atoms with Crippen LogP contribution in [0.4, 0.5) is 0 Å². The number of aliphatic hydroxyl groups is 8. The fourth-order valence-electron chi connectivity index (χ4n) is 5.07. The van der Waals surface area contributed by atoms with Gasteiger partial charge in [-0.05, 0) is 19.4 Å². The van der Waals surface area contributed by atoms with Crippen molar-refractivity contribution >= 4 is 5.91 Å². The maximum Gasteiger partial charge on any atom is 0.249 e. The third-order valence-corrected chi connectivity index (χ3v) is 7.51. The molecule has 1 aliphatic carbocycles. The second kappa shape index (κ2) is 14.3. The molecule has 3 fully saturated rings. The highest BCUT2D eigenvalue weighted by Crippen LogP contribution is 2.32. The predicted octanol–water partition coefficient (Wildman–Crippen LogP) is -8.42. The van der Waals surface area contributed by atoms with Gasteiger partial charge in [-0.3, -0.25) is 4.79 Å². The number of aliphatic hydroxyl groups excluding tert-OH is 8. The van der Waals surface area contributed by atoms with Crippen molar-refractivity contribution < 1.29 is 64.6 Å². The van der Waals surface area contributed by atoms with Gasteiger partial charge in [0, 0.05) is 12.6 Å². The summed E-state index contributed by atoms with van der Waals surface area (Å²) in [6, 6.07) is -3.45. The predicted molar refractivity (Wildman–Crippen MR) is 131 cm³/mol. The molecule has 40 heavy (non-hydrogen) atoms. The lowest BCUT2D eigenvalue weighted by Gasteiger charge is -2.49. The van der Waals surface area contributed by atoms with Crippen LogP contribution in [0.1, 0.15) is 12.8 Å². The van der Waals surface area contributed by atoms with E-state index in [9.17, 15) is 45.6 Å². The molecule has 0 aromatic carbocycles. The molecule has 3 aliphatic rings. The minimum Gasteiger partial charge on any atom is -0.394 e. The van der Waals surface area contributed by atoms with E-state index in [0.29, 0.717) is 0 Å². The van der Waals surface area contributed by atoms with Crippen LogP contribution in [0.3, 0.4) is 0 Å². The number of rotatable bonds is 10. The Morgan fingerprint density at radius 2 is 1.45 bits per heavy atom. The monoisotopic (exact) mass is 585 g/mol. The summed E-state index contributed by atoms with van der Waals surface area (Å²) < 4.78 is 22.5.